The minimum Gasteiger partial charge on any atom is -0.495 e. The van der Waals surface area contributed by atoms with E-state index in [1.807, 2.05) is 0 Å². The summed E-state index contributed by atoms with van der Waals surface area (Å²) in [6.45, 7) is 0.326. The zero-order valence-electron chi connectivity index (χ0n) is 10.1. The van der Waals surface area contributed by atoms with Gasteiger partial charge in [-0.25, -0.2) is 4.68 Å². The number of benzene rings is 1. The highest BCUT2D eigenvalue weighted by Gasteiger charge is 2.13. The van der Waals surface area contributed by atoms with Crippen molar-refractivity contribution in [2.24, 2.45) is 5.73 Å². The van der Waals surface area contributed by atoms with Crippen LogP contribution in [0.5, 0.6) is 11.5 Å². The van der Waals surface area contributed by atoms with Gasteiger partial charge in [-0.05, 0) is 6.07 Å². The SMILES string of the molecule is COc1cc(OC)c(-n2cc(CN)nn2)cc1Cl. The van der Waals surface area contributed by atoms with Crippen molar-refractivity contribution in [2.75, 3.05) is 14.2 Å². The lowest BCUT2D eigenvalue weighted by Gasteiger charge is -2.11. The van der Waals surface area contributed by atoms with Crippen LogP contribution >= 0.6 is 11.6 Å². The van der Waals surface area contributed by atoms with E-state index in [9.17, 15) is 0 Å². The third-order valence-electron chi connectivity index (χ3n) is 2.45. The normalized spacial score (nSPS) is 10.4. The Bertz CT molecular complexity index is 556. The van der Waals surface area contributed by atoms with Gasteiger partial charge in [0.2, 0.25) is 0 Å². The first-order valence-electron chi connectivity index (χ1n) is 5.22. The van der Waals surface area contributed by atoms with Gasteiger partial charge in [0.05, 0.1) is 31.1 Å². The van der Waals surface area contributed by atoms with Gasteiger partial charge in [-0.1, -0.05) is 16.8 Å². The molecule has 2 N–H and O–H groups in total. The molecule has 0 spiro atoms. The monoisotopic (exact) mass is 268 g/mol. The Hall–Kier alpha value is -1.79. The molecule has 0 aliphatic heterocycles. The number of aromatic nitrogens is 3. The molecule has 2 aromatic rings. The van der Waals surface area contributed by atoms with Crippen molar-refractivity contribution in [3.8, 4) is 17.2 Å². The fraction of sp³-hybridized carbons (Fsp3) is 0.273. The number of hydrogen-bond donors (Lipinski definition) is 1. The fourth-order valence-electron chi connectivity index (χ4n) is 1.53. The van der Waals surface area contributed by atoms with E-state index in [4.69, 9.17) is 26.8 Å². The standard InChI is InChI=1S/C11H13ClN4O2/c1-17-10-4-11(18-2)9(3-8(10)12)16-6-7(5-13)14-15-16/h3-4,6H,5,13H2,1-2H3. The molecule has 1 heterocycles. The number of hydrogen-bond acceptors (Lipinski definition) is 5. The summed E-state index contributed by atoms with van der Waals surface area (Å²) in [6.07, 6.45) is 1.72. The number of halogens is 1. The van der Waals surface area contributed by atoms with Crippen LogP contribution in [-0.2, 0) is 6.54 Å². The summed E-state index contributed by atoms with van der Waals surface area (Å²) < 4.78 is 12.0. The maximum Gasteiger partial charge on any atom is 0.148 e. The Kier molecular flexibility index (Phi) is 3.69. The summed E-state index contributed by atoms with van der Waals surface area (Å²) in [5, 5.41) is 8.36. The Morgan fingerprint density at radius 1 is 1.28 bits per heavy atom. The second kappa shape index (κ2) is 5.24. The highest BCUT2D eigenvalue weighted by molar-refractivity contribution is 6.32. The first-order valence-corrected chi connectivity index (χ1v) is 5.60. The number of nitrogens with two attached hydrogens (primary N) is 1. The van der Waals surface area contributed by atoms with Gasteiger partial charge in [-0.3, -0.25) is 0 Å². The molecule has 0 fully saturated rings. The molecule has 0 amide bonds. The Balaban J connectivity index is 2.52. The first kappa shape index (κ1) is 12.7. The molecule has 0 saturated carbocycles. The van der Waals surface area contributed by atoms with Gasteiger partial charge in [0.25, 0.3) is 0 Å². The van der Waals surface area contributed by atoms with Crippen molar-refractivity contribution in [1.82, 2.24) is 15.0 Å². The summed E-state index contributed by atoms with van der Waals surface area (Å²) >= 11 is 6.08. The third kappa shape index (κ3) is 2.25. The van der Waals surface area contributed by atoms with E-state index in [2.05, 4.69) is 10.3 Å². The summed E-state index contributed by atoms with van der Waals surface area (Å²) in [5.41, 5.74) is 6.85. The molecule has 7 heteroatoms. The average molecular weight is 269 g/mol. The molecular formula is C11H13ClN4O2. The molecule has 6 nitrogen and oxygen atoms in total. The number of methoxy groups -OCH3 is 2. The van der Waals surface area contributed by atoms with E-state index >= 15 is 0 Å². The molecule has 0 unspecified atom stereocenters. The minimum absolute atomic E-state index is 0.326. The summed E-state index contributed by atoms with van der Waals surface area (Å²) in [5.74, 6) is 1.13. The van der Waals surface area contributed by atoms with E-state index in [1.54, 1.807) is 37.2 Å². The van der Waals surface area contributed by atoms with Crippen LogP contribution in [0.2, 0.25) is 5.02 Å². The Labute approximate surface area is 109 Å². The molecule has 0 aliphatic carbocycles. The fourth-order valence-corrected chi connectivity index (χ4v) is 1.77. The molecular weight excluding hydrogens is 256 g/mol. The lowest BCUT2D eigenvalue weighted by Crippen LogP contribution is -2.00. The minimum atomic E-state index is 0.326. The molecule has 1 aromatic carbocycles. The lowest BCUT2D eigenvalue weighted by molar-refractivity contribution is 0.392. The predicted octanol–water partition coefficient (Wildman–Crippen LogP) is 1.40. The van der Waals surface area contributed by atoms with Gasteiger partial charge in [0, 0.05) is 12.6 Å². The summed E-state index contributed by atoms with van der Waals surface area (Å²) in [4.78, 5) is 0. The van der Waals surface area contributed by atoms with Gasteiger partial charge >= 0.3 is 0 Å². The van der Waals surface area contributed by atoms with E-state index in [-0.39, 0.29) is 0 Å². The molecule has 0 bridgehead atoms. The van der Waals surface area contributed by atoms with Gasteiger partial charge in [0.1, 0.15) is 17.2 Å². The van der Waals surface area contributed by atoms with Gasteiger partial charge in [-0.2, -0.15) is 0 Å². The molecule has 1 aromatic heterocycles. The third-order valence-corrected chi connectivity index (χ3v) is 2.75. The zero-order valence-corrected chi connectivity index (χ0v) is 10.8. The molecule has 2 rings (SSSR count). The average Bonchev–Trinajstić information content (AvgIpc) is 2.87. The van der Waals surface area contributed by atoms with E-state index in [0.29, 0.717) is 34.4 Å². The van der Waals surface area contributed by atoms with E-state index in [0.717, 1.165) is 0 Å². The number of nitrogens with zero attached hydrogens (tertiary/aromatic N) is 3. The summed E-state index contributed by atoms with van der Waals surface area (Å²) in [6, 6.07) is 3.40. The zero-order chi connectivity index (χ0) is 13.1. The van der Waals surface area contributed by atoms with Gasteiger partial charge < -0.3 is 15.2 Å². The lowest BCUT2D eigenvalue weighted by atomic mass is 10.2. The van der Waals surface area contributed by atoms with Crippen LogP contribution in [0.15, 0.2) is 18.3 Å². The first-order chi connectivity index (χ1) is 8.69. The van der Waals surface area contributed by atoms with Crippen LogP contribution in [-0.4, -0.2) is 29.2 Å². The Morgan fingerprint density at radius 3 is 2.56 bits per heavy atom. The van der Waals surface area contributed by atoms with Crippen molar-refractivity contribution in [3.05, 3.63) is 29.0 Å². The topological polar surface area (TPSA) is 75.2 Å². The van der Waals surface area contributed by atoms with Gasteiger partial charge in [-0.15, -0.1) is 5.10 Å². The highest BCUT2D eigenvalue weighted by atomic mass is 35.5. The van der Waals surface area contributed by atoms with E-state index < -0.39 is 0 Å². The molecule has 0 radical (unpaired) electrons. The van der Waals surface area contributed by atoms with Crippen molar-refractivity contribution >= 4 is 11.6 Å². The van der Waals surface area contributed by atoms with Crippen LogP contribution in [0.3, 0.4) is 0 Å². The molecule has 96 valence electrons. The van der Waals surface area contributed by atoms with Crippen molar-refractivity contribution < 1.29 is 9.47 Å². The maximum atomic E-state index is 6.08. The highest BCUT2D eigenvalue weighted by Crippen LogP contribution is 2.34. The molecule has 0 saturated heterocycles. The quantitative estimate of drug-likeness (QED) is 0.907. The second-order valence-electron chi connectivity index (χ2n) is 3.52. The van der Waals surface area contributed by atoms with Crippen LogP contribution in [0, 0.1) is 0 Å². The molecule has 18 heavy (non-hydrogen) atoms. The van der Waals surface area contributed by atoms with Crippen molar-refractivity contribution in [3.63, 3.8) is 0 Å². The van der Waals surface area contributed by atoms with Crippen molar-refractivity contribution in [1.29, 1.82) is 0 Å². The van der Waals surface area contributed by atoms with Gasteiger partial charge in [0.15, 0.2) is 0 Å². The molecule has 0 aliphatic rings. The largest absolute Gasteiger partial charge is 0.495 e. The predicted molar refractivity (Wildman–Crippen MR) is 67.4 cm³/mol. The van der Waals surface area contributed by atoms with Crippen LogP contribution in [0.25, 0.3) is 5.69 Å². The Morgan fingerprint density at radius 2 is 2.00 bits per heavy atom. The molecule has 0 atom stereocenters. The number of ether oxygens (including phenoxy) is 2. The van der Waals surface area contributed by atoms with Crippen molar-refractivity contribution in [2.45, 2.75) is 6.54 Å². The van der Waals surface area contributed by atoms with E-state index in [1.165, 1.54) is 0 Å². The maximum absolute atomic E-state index is 6.08. The van der Waals surface area contributed by atoms with Crippen LogP contribution in [0.4, 0.5) is 0 Å². The smallest absolute Gasteiger partial charge is 0.148 e. The second-order valence-corrected chi connectivity index (χ2v) is 3.92. The van der Waals surface area contributed by atoms with Crippen LogP contribution in [0.1, 0.15) is 5.69 Å². The summed E-state index contributed by atoms with van der Waals surface area (Å²) in [7, 11) is 3.11. The van der Waals surface area contributed by atoms with Crippen LogP contribution < -0.4 is 15.2 Å². The number of rotatable bonds is 4.